The summed E-state index contributed by atoms with van der Waals surface area (Å²) in [6.45, 7) is 3.64. The molecule has 0 amide bonds. The predicted molar refractivity (Wildman–Crippen MR) is 90.9 cm³/mol. The van der Waals surface area contributed by atoms with E-state index < -0.39 is 21.5 Å². The van der Waals surface area contributed by atoms with Gasteiger partial charge < -0.3 is 9.66 Å². The van der Waals surface area contributed by atoms with E-state index in [9.17, 15) is 18.1 Å². The molecular formula is C17H35KO4S. The summed E-state index contributed by atoms with van der Waals surface area (Å²) in [5.41, 5.74) is 0. The van der Waals surface area contributed by atoms with Crippen molar-refractivity contribution in [3.8, 4) is 0 Å². The summed E-state index contributed by atoms with van der Waals surface area (Å²) >= 11 is 0. The van der Waals surface area contributed by atoms with E-state index in [0.717, 1.165) is 12.8 Å². The molecule has 0 aliphatic rings. The first-order chi connectivity index (χ1) is 10.4. The zero-order valence-electron chi connectivity index (χ0n) is 15.4. The summed E-state index contributed by atoms with van der Waals surface area (Å²) in [6.07, 6.45) is 13.5. The van der Waals surface area contributed by atoms with Crippen LogP contribution in [0.4, 0.5) is 0 Å². The van der Waals surface area contributed by atoms with E-state index in [-0.39, 0.29) is 57.8 Å². The average Bonchev–Trinajstić information content (AvgIpc) is 2.45. The van der Waals surface area contributed by atoms with Crippen LogP contribution in [0.3, 0.4) is 0 Å². The Balaban J connectivity index is 0. The van der Waals surface area contributed by atoms with E-state index in [1.807, 2.05) is 0 Å². The molecule has 0 aliphatic heterocycles. The molecule has 1 N–H and O–H groups in total. The molecule has 0 aromatic carbocycles. The van der Waals surface area contributed by atoms with Gasteiger partial charge in [-0.15, -0.1) is 0 Å². The molecule has 2 atom stereocenters. The second-order valence-electron chi connectivity index (χ2n) is 6.51. The van der Waals surface area contributed by atoms with E-state index in [4.69, 9.17) is 0 Å². The summed E-state index contributed by atoms with van der Waals surface area (Å²) in [4.78, 5) is 0. The van der Waals surface area contributed by atoms with E-state index in [0.29, 0.717) is 12.8 Å². The van der Waals surface area contributed by atoms with Crippen LogP contribution >= 0.6 is 0 Å². The molecule has 134 valence electrons. The molecule has 6 heteroatoms. The van der Waals surface area contributed by atoms with Crippen molar-refractivity contribution in [3.05, 3.63) is 0 Å². The van der Waals surface area contributed by atoms with Crippen molar-refractivity contribution in [2.45, 2.75) is 109 Å². The second-order valence-corrected chi connectivity index (χ2v) is 8.30. The Bertz CT molecular complexity index is 347. The Labute approximate surface area is 186 Å². The topological polar surface area (TPSA) is 77.4 Å². The van der Waals surface area contributed by atoms with E-state index in [1.165, 1.54) is 58.3 Å². The molecule has 0 bridgehead atoms. The fourth-order valence-electron chi connectivity index (χ4n) is 2.58. The monoisotopic (exact) mass is 374 g/mol. The molecule has 0 aromatic heterocycles. The summed E-state index contributed by atoms with van der Waals surface area (Å²) < 4.78 is 32.3. The summed E-state index contributed by atoms with van der Waals surface area (Å²) in [7, 11) is -4.20. The van der Waals surface area contributed by atoms with Crippen LogP contribution in [0.5, 0.6) is 0 Å². The maximum atomic E-state index is 10.8. The van der Waals surface area contributed by atoms with Crippen molar-refractivity contribution in [1.29, 1.82) is 0 Å². The molecule has 0 fully saturated rings. The zero-order valence-corrected chi connectivity index (χ0v) is 19.4. The Hall–Kier alpha value is 1.51. The summed E-state index contributed by atoms with van der Waals surface area (Å²) in [6, 6.07) is 0. The average molecular weight is 375 g/mol. The molecule has 0 radical (unpaired) electrons. The molecule has 0 rings (SSSR count). The molecule has 0 saturated carbocycles. The van der Waals surface area contributed by atoms with Gasteiger partial charge in [-0.05, 0) is 26.2 Å². The van der Waals surface area contributed by atoms with Gasteiger partial charge in [0.15, 0.2) is 0 Å². The minimum absolute atomic E-state index is 0. The standard InChI is InChI=1S/C17H36O4S.K/c1-3-4-5-6-7-8-9-10-11-12-13-17(18)15-14-16(2)22(19,20)21;/h16-18H,3-15H2,1-2H3,(H,19,20,21);/q;+1/p-1. The fraction of sp³-hybridized carbons (Fsp3) is 1.00. The van der Waals surface area contributed by atoms with Crippen molar-refractivity contribution >= 4 is 10.1 Å². The third-order valence-corrected chi connectivity index (χ3v) is 5.51. The predicted octanol–water partition coefficient (Wildman–Crippen LogP) is 1.38. The summed E-state index contributed by atoms with van der Waals surface area (Å²) in [5.74, 6) is 0. The van der Waals surface area contributed by atoms with Crippen molar-refractivity contribution in [2.24, 2.45) is 0 Å². The van der Waals surface area contributed by atoms with Gasteiger partial charge in [-0.25, -0.2) is 8.42 Å². The number of hydrogen-bond acceptors (Lipinski definition) is 4. The quantitative estimate of drug-likeness (QED) is 0.267. The van der Waals surface area contributed by atoms with Crippen LogP contribution in [-0.2, 0) is 10.1 Å². The van der Waals surface area contributed by atoms with Crippen LogP contribution in [0, 0.1) is 0 Å². The Kier molecular flexibility index (Phi) is 19.7. The van der Waals surface area contributed by atoms with Crippen LogP contribution in [0.15, 0.2) is 0 Å². The van der Waals surface area contributed by atoms with Gasteiger partial charge in [-0.2, -0.15) is 0 Å². The van der Waals surface area contributed by atoms with Crippen molar-refractivity contribution < 1.29 is 69.5 Å². The summed E-state index contributed by atoms with van der Waals surface area (Å²) in [5, 5.41) is 8.90. The normalized spacial score (nSPS) is 14.3. The number of unbranched alkanes of at least 4 members (excludes halogenated alkanes) is 9. The van der Waals surface area contributed by atoms with Gasteiger partial charge in [0.2, 0.25) is 0 Å². The molecule has 4 nitrogen and oxygen atoms in total. The fourth-order valence-corrected chi connectivity index (χ4v) is 3.01. The van der Waals surface area contributed by atoms with Crippen LogP contribution in [0.25, 0.3) is 0 Å². The first-order valence-corrected chi connectivity index (χ1v) is 10.5. The van der Waals surface area contributed by atoms with Crippen LogP contribution in [-0.4, -0.2) is 29.4 Å². The van der Waals surface area contributed by atoms with Gasteiger partial charge in [-0.3, -0.25) is 0 Å². The van der Waals surface area contributed by atoms with Gasteiger partial charge in [0, 0.05) is 5.25 Å². The largest absolute Gasteiger partial charge is 1.00 e. The third kappa shape index (κ3) is 18.1. The molecular weight excluding hydrogens is 339 g/mol. The number of hydrogen-bond donors (Lipinski definition) is 1. The van der Waals surface area contributed by atoms with Gasteiger partial charge in [-0.1, -0.05) is 71.1 Å². The van der Waals surface area contributed by atoms with Crippen molar-refractivity contribution in [2.75, 3.05) is 0 Å². The molecule has 0 saturated heterocycles. The minimum Gasteiger partial charge on any atom is -0.748 e. The smallest absolute Gasteiger partial charge is 0.748 e. The first-order valence-electron chi connectivity index (χ1n) is 9.00. The molecule has 0 aromatic rings. The molecule has 0 spiro atoms. The SMILES string of the molecule is CCCCCCCCCCCCC(O)CCC(C)S(=O)(=O)[O-].[K+]. The second kappa shape index (κ2) is 16.9. The van der Waals surface area contributed by atoms with Gasteiger partial charge >= 0.3 is 51.4 Å². The number of aliphatic hydroxyl groups is 1. The van der Waals surface area contributed by atoms with Gasteiger partial charge in [0.1, 0.15) is 0 Å². The van der Waals surface area contributed by atoms with E-state index in [2.05, 4.69) is 6.92 Å². The van der Waals surface area contributed by atoms with Gasteiger partial charge in [0.25, 0.3) is 0 Å². The number of rotatable bonds is 15. The number of aliphatic hydroxyl groups excluding tert-OH is 1. The van der Waals surface area contributed by atoms with Crippen LogP contribution in [0.2, 0.25) is 0 Å². The molecule has 23 heavy (non-hydrogen) atoms. The van der Waals surface area contributed by atoms with Crippen LogP contribution in [0.1, 0.15) is 97.3 Å². The third-order valence-electron chi connectivity index (χ3n) is 4.29. The maximum absolute atomic E-state index is 10.8. The van der Waals surface area contributed by atoms with Crippen molar-refractivity contribution in [3.63, 3.8) is 0 Å². The molecule has 0 aliphatic carbocycles. The zero-order chi connectivity index (χ0) is 16.8. The maximum Gasteiger partial charge on any atom is 1.00 e. The molecule has 0 heterocycles. The van der Waals surface area contributed by atoms with E-state index in [1.54, 1.807) is 0 Å². The van der Waals surface area contributed by atoms with Gasteiger partial charge in [0.05, 0.1) is 16.2 Å². The Morgan fingerprint density at radius 2 is 1.26 bits per heavy atom. The van der Waals surface area contributed by atoms with Crippen molar-refractivity contribution in [1.82, 2.24) is 0 Å². The van der Waals surface area contributed by atoms with E-state index >= 15 is 0 Å². The Morgan fingerprint density at radius 1 is 0.826 bits per heavy atom. The Morgan fingerprint density at radius 3 is 1.70 bits per heavy atom. The minimum atomic E-state index is -4.20. The molecule has 2 unspecified atom stereocenters. The first kappa shape index (κ1) is 26.7. The van der Waals surface area contributed by atoms with Crippen LogP contribution < -0.4 is 51.4 Å².